The van der Waals surface area contributed by atoms with E-state index in [4.69, 9.17) is 0 Å². The highest BCUT2D eigenvalue weighted by atomic mass is 16.4. The molecule has 1 unspecified atom stereocenters. The average molecular weight is 251 g/mol. The van der Waals surface area contributed by atoms with Gasteiger partial charge in [-0.1, -0.05) is 19.1 Å². The Kier molecular flexibility index (Phi) is 4.35. The first-order valence-electron chi connectivity index (χ1n) is 6.09. The molecule has 0 fully saturated rings. The van der Waals surface area contributed by atoms with Gasteiger partial charge in [0, 0.05) is 6.04 Å². The maximum Gasteiger partial charge on any atom is 0.323 e. The summed E-state index contributed by atoms with van der Waals surface area (Å²) < 4.78 is 0. The van der Waals surface area contributed by atoms with Crippen molar-refractivity contribution in [3.05, 3.63) is 29.8 Å². The summed E-state index contributed by atoms with van der Waals surface area (Å²) in [5.74, 6) is -0.624. The van der Waals surface area contributed by atoms with Gasteiger partial charge in [0.15, 0.2) is 0 Å². The number of phenols is 1. The average Bonchev–Trinajstić information content (AvgIpc) is 2.30. The predicted molar refractivity (Wildman–Crippen MR) is 70.6 cm³/mol. The smallest absolute Gasteiger partial charge is 0.323 e. The van der Waals surface area contributed by atoms with Gasteiger partial charge in [-0.25, -0.2) is 0 Å². The Morgan fingerprint density at radius 1 is 1.33 bits per heavy atom. The SMILES string of the molecule is CCN(C(C)c1ccc(O)cc1)C(C)(C)C(=O)O. The zero-order chi connectivity index (χ0) is 13.9. The lowest BCUT2D eigenvalue weighted by atomic mass is 9.97. The second kappa shape index (κ2) is 5.40. The number of hydrogen-bond donors (Lipinski definition) is 2. The van der Waals surface area contributed by atoms with E-state index in [1.54, 1.807) is 26.0 Å². The van der Waals surface area contributed by atoms with Crippen molar-refractivity contribution in [1.29, 1.82) is 0 Å². The fraction of sp³-hybridized carbons (Fsp3) is 0.500. The summed E-state index contributed by atoms with van der Waals surface area (Å²) in [5.41, 5.74) is 0.0652. The molecule has 1 rings (SSSR count). The largest absolute Gasteiger partial charge is 0.508 e. The summed E-state index contributed by atoms with van der Waals surface area (Å²) >= 11 is 0. The van der Waals surface area contributed by atoms with Crippen LogP contribution in [0.25, 0.3) is 0 Å². The third kappa shape index (κ3) is 2.82. The fourth-order valence-electron chi connectivity index (χ4n) is 2.21. The van der Waals surface area contributed by atoms with Crippen molar-refractivity contribution in [2.24, 2.45) is 0 Å². The van der Waals surface area contributed by atoms with Gasteiger partial charge in [0.2, 0.25) is 0 Å². The summed E-state index contributed by atoms with van der Waals surface area (Å²) in [7, 11) is 0. The van der Waals surface area contributed by atoms with E-state index in [9.17, 15) is 15.0 Å². The van der Waals surface area contributed by atoms with Gasteiger partial charge < -0.3 is 10.2 Å². The van der Waals surface area contributed by atoms with Crippen LogP contribution in [0.15, 0.2) is 24.3 Å². The first-order chi connectivity index (χ1) is 8.30. The molecule has 0 heterocycles. The molecule has 1 aromatic rings. The first-order valence-corrected chi connectivity index (χ1v) is 6.09. The van der Waals surface area contributed by atoms with Crippen LogP contribution in [-0.4, -0.2) is 33.2 Å². The molecule has 0 bridgehead atoms. The highest BCUT2D eigenvalue weighted by molar-refractivity contribution is 5.77. The minimum atomic E-state index is -0.925. The standard InChI is InChI=1S/C14H21NO3/c1-5-15(14(3,4)13(17)18)10(2)11-6-8-12(16)9-7-11/h6-10,16H,5H2,1-4H3,(H,17,18). The summed E-state index contributed by atoms with van der Waals surface area (Å²) in [6, 6.07) is 6.85. The van der Waals surface area contributed by atoms with Crippen LogP contribution in [0.1, 0.15) is 39.3 Å². The van der Waals surface area contributed by atoms with Crippen LogP contribution in [0.3, 0.4) is 0 Å². The van der Waals surface area contributed by atoms with E-state index in [0.717, 1.165) is 5.56 Å². The predicted octanol–water partition coefficient (Wildman–Crippen LogP) is 2.64. The molecule has 100 valence electrons. The van der Waals surface area contributed by atoms with E-state index in [-0.39, 0.29) is 11.8 Å². The summed E-state index contributed by atoms with van der Waals surface area (Å²) in [6.45, 7) is 7.97. The van der Waals surface area contributed by atoms with Crippen molar-refractivity contribution in [3.8, 4) is 5.75 Å². The van der Waals surface area contributed by atoms with Gasteiger partial charge in [-0.15, -0.1) is 0 Å². The van der Waals surface area contributed by atoms with E-state index in [2.05, 4.69) is 0 Å². The topological polar surface area (TPSA) is 60.8 Å². The molecular weight excluding hydrogens is 230 g/mol. The molecule has 18 heavy (non-hydrogen) atoms. The summed E-state index contributed by atoms with van der Waals surface area (Å²) in [4.78, 5) is 13.2. The molecule has 0 aliphatic heterocycles. The Hall–Kier alpha value is -1.55. The van der Waals surface area contributed by atoms with Crippen molar-refractivity contribution >= 4 is 5.97 Å². The molecular formula is C14H21NO3. The Bertz CT molecular complexity index is 412. The lowest BCUT2D eigenvalue weighted by Crippen LogP contribution is -2.50. The molecule has 0 radical (unpaired) electrons. The second-order valence-electron chi connectivity index (χ2n) is 4.92. The maximum atomic E-state index is 11.3. The zero-order valence-electron chi connectivity index (χ0n) is 11.3. The number of carboxylic acid groups (broad SMARTS) is 1. The highest BCUT2D eigenvalue weighted by Gasteiger charge is 2.36. The van der Waals surface area contributed by atoms with E-state index in [1.165, 1.54) is 0 Å². The maximum absolute atomic E-state index is 11.3. The number of carbonyl (C=O) groups is 1. The number of carboxylic acids is 1. The molecule has 0 amide bonds. The molecule has 0 spiro atoms. The minimum absolute atomic E-state index is 0.0262. The van der Waals surface area contributed by atoms with Crippen LogP contribution >= 0.6 is 0 Å². The molecule has 1 aromatic carbocycles. The summed E-state index contributed by atoms with van der Waals surface area (Å²) in [6.07, 6.45) is 0. The van der Waals surface area contributed by atoms with Crippen LogP contribution in [0.2, 0.25) is 0 Å². The van der Waals surface area contributed by atoms with Crippen molar-refractivity contribution in [3.63, 3.8) is 0 Å². The molecule has 2 N–H and O–H groups in total. The van der Waals surface area contributed by atoms with E-state index >= 15 is 0 Å². The molecule has 0 aliphatic rings. The number of phenolic OH excluding ortho intramolecular Hbond substituents is 1. The number of aromatic hydroxyl groups is 1. The monoisotopic (exact) mass is 251 g/mol. The van der Waals surface area contributed by atoms with Crippen LogP contribution in [0.4, 0.5) is 0 Å². The molecule has 0 saturated carbocycles. The van der Waals surface area contributed by atoms with E-state index in [1.807, 2.05) is 30.9 Å². The number of likely N-dealkylation sites (N-methyl/N-ethyl adjacent to an activating group) is 1. The number of benzene rings is 1. The second-order valence-corrected chi connectivity index (χ2v) is 4.92. The van der Waals surface area contributed by atoms with Crippen LogP contribution in [0, 0.1) is 0 Å². The quantitative estimate of drug-likeness (QED) is 0.844. The molecule has 1 atom stereocenters. The third-order valence-corrected chi connectivity index (χ3v) is 3.43. The number of aliphatic carboxylic acids is 1. The number of nitrogens with zero attached hydrogens (tertiary/aromatic N) is 1. The Labute approximate surface area is 108 Å². The van der Waals surface area contributed by atoms with E-state index in [0.29, 0.717) is 6.54 Å². The van der Waals surface area contributed by atoms with Gasteiger partial charge in [-0.05, 0) is 45.0 Å². The third-order valence-electron chi connectivity index (χ3n) is 3.43. The van der Waals surface area contributed by atoms with Gasteiger partial charge >= 0.3 is 5.97 Å². The Morgan fingerprint density at radius 2 is 1.83 bits per heavy atom. The minimum Gasteiger partial charge on any atom is -0.508 e. The number of rotatable bonds is 5. The van der Waals surface area contributed by atoms with Gasteiger partial charge in [-0.3, -0.25) is 9.69 Å². The molecule has 4 heteroatoms. The van der Waals surface area contributed by atoms with Crippen LogP contribution < -0.4 is 0 Å². The van der Waals surface area contributed by atoms with Gasteiger partial charge in [0.25, 0.3) is 0 Å². The lowest BCUT2D eigenvalue weighted by Gasteiger charge is -2.39. The molecule has 4 nitrogen and oxygen atoms in total. The van der Waals surface area contributed by atoms with Crippen LogP contribution in [0.5, 0.6) is 5.75 Å². The van der Waals surface area contributed by atoms with E-state index < -0.39 is 11.5 Å². The molecule has 0 aromatic heterocycles. The first kappa shape index (κ1) is 14.5. The molecule has 0 saturated heterocycles. The van der Waals surface area contributed by atoms with Gasteiger partial charge in [0.05, 0.1) is 0 Å². The summed E-state index contributed by atoms with van der Waals surface area (Å²) in [5, 5.41) is 18.6. The highest BCUT2D eigenvalue weighted by Crippen LogP contribution is 2.28. The number of hydrogen-bond acceptors (Lipinski definition) is 3. The zero-order valence-corrected chi connectivity index (χ0v) is 11.3. The van der Waals surface area contributed by atoms with Crippen LogP contribution in [-0.2, 0) is 4.79 Å². The van der Waals surface area contributed by atoms with Gasteiger partial charge in [0.1, 0.15) is 11.3 Å². The van der Waals surface area contributed by atoms with Gasteiger partial charge in [-0.2, -0.15) is 0 Å². The lowest BCUT2D eigenvalue weighted by molar-refractivity contribution is -0.150. The van der Waals surface area contributed by atoms with Crippen molar-refractivity contribution in [2.45, 2.75) is 39.3 Å². The van der Waals surface area contributed by atoms with Crippen molar-refractivity contribution in [1.82, 2.24) is 4.90 Å². The fourth-order valence-corrected chi connectivity index (χ4v) is 2.21. The Balaban J connectivity index is 3.02. The normalized spacial score (nSPS) is 13.6. The Morgan fingerprint density at radius 3 is 2.22 bits per heavy atom. The van der Waals surface area contributed by atoms with Crippen molar-refractivity contribution in [2.75, 3.05) is 6.54 Å². The van der Waals surface area contributed by atoms with Crippen molar-refractivity contribution < 1.29 is 15.0 Å². The molecule has 0 aliphatic carbocycles.